The van der Waals surface area contributed by atoms with Crippen LogP contribution in [0, 0.1) is 23.2 Å². The van der Waals surface area contributed by atoms with Gasteiger partial charge in [-0.15, -0.1) is 0 Å². The number of alkyl halides is 6. The second kappa shape index (κ2) is 12.3. The Morgan fingerprint density at radius 2 is 1.60 bits per heavy atom. The van der Waals surface area contributed by atoms with Crippen molar-refractivity contribution in [2.45, 2.75) is 61.3 Å². The van der Waals surface area contributed by atoms with Crippen molar-refractivity contribution in [1.82, 2.24) is 10.3 Å². The van der Waals surface area contributed by atoms with Crippen LogP contribution < -0.4 is 15.0 Å². The summed E-state index contributed by atoms with van der Waals surface area (Å²) in [6.07, 6.45) is -9.34. The first-order valence-corrected chi connectivity index (χ1v) is 17.0. The van der Waals surface area contributed by atoms with Crippen LogP contribution in [0.1, 0.15) is 71.4 Å². The molecule has 5 atom stereocenters. The summed E-state index contributed by atoms with van der Waals surface area (Å²) in [5.74, 6) is -5.43. The minimum atomic E-state index is -4.44. The monoisotopic (exact) mass is 692 g/mol. The van der Waals surface area contributed by atoms with Crippen molar-refractivity contribution in [2.75, 3.05) is 23.8 Å². The zero-order valence-corrected chi connectivity index (χ0v) is 26.3. The number of benzene rings is 2. The zero-order valence-electron chi connectivity index (χ0n) is 25.5. The molecule has 1 amide bonds. The highest BCUT2D eigenvalue weighted by molar-refractivity contribution is 7.91. The molecule has 2 aromatic carbocycles. The van der Waals surface area contributed by atoms with Crippen molar-refractivity contribution in [2.24, 2.45) is 11.8 Å². The fourth-order valence-electron chi connectivity index (χ4n) is 6.15. The number of ether oxygens (including phenoxy) is 1. The maximum atomic E-state index is 13.4. The van der Waals surface area contributed by atoms with Crippen molar-refractivity contribution < 1.29 is 44.3 Å². The predicted octanol–water partition coefficient (Wildman–Crippen LogP) is 7.12. The number of sulfone groups is 1. The molecule has 8 nitrogen and oxygen atoms in total. The number of hydrogen-bond donors (Lipinski definition) is 1. The molecule has 1 N–H and O–H groups in total. The summed E-state index contributed by atoms with van der Waals surface area (Å²) in [4.78, 5) is 19.5. The molecule has 3 aliphatic rings. The number of rotatable bonds is 9. The summed E-state index contributed by atoms with van der Waals surface area (Å²) < 4.78 is 111. The Morgan fingerprint density at radius 3 is 2.12 bits per heavy atom. The Balaban J connectivity index is 1.26. The Hall–Kier alpha value is -4.32. The van der Waals surface area contributed by atoms with Crippen LogP contribution >= 0.6 is 0 Å². The number of anilines is 2. The van der Waals surface area contributed by atoms with Gasteiger partial charge in [0.2, 0.25) is 0 Å². The number of nitrogens with one attached hydrogen (secondary N) is 1. The van der Waals surface area contributed by atoms with Crippen molar-refractivity contribution in [1.29, 1.82) is 5.26 Å². The first-order chi connectivity index (χ1) is 22.6. The molecule has 254 valence electrons. The number of fused-ring (bicyclic) bond motifs is 1. The third-order valence-electron chi connectivity index (χ3n) is 9.05. The summed E-state index contributed by atoms with van der Waals surface area (Å²) in [7, 11) is -3.44. The molecular weight excluding hydrogens is 662 g/mol. The molecule has 2 heterocycles. The molecule has 0 spiro atoms. The smallest absolute Gasteiger partial charge is 0.392 e. The van der Waals surface area contributed by atoms with Crippen LogP contribution in [0.25, 0.3) is 0 Å². The van der Waals surface area contributed by atoms with E-state index in [1.165, 1.54) is 55.5 Å². The SMILES string of the molecule is CCS(=O)(=O)c1ccc([C@H](CC#N)NC(=O)c2ccc3c(c2)OCCN3c2cc(C3CC3C(F)(F)F)nc(C3CC3C(F)(F)F)c2)cc1. The normalized spacial score (nSPS) is 22.6. The first kappa shape index (κ1) is 33.6. The van der Waals surface area contributed by atoms with E-state index in [2.05, 4.69) is 10.3 Å². The highest BCUT2D eigenvalue weighted by Crippen LogP contribution is 2.59. The van der Waals surface area contributed by atoms with Gasteiger partial charge in [0.25, 0.3) is 5.91 Å². The number of hydrogen-bond acceptors (Lipinski definition) is 7. The molecule has 2 fully saturated rings. The van der Waals surface area contributed by atoms with E-state index in [0.717, 1.165) is 0 Å². The average molecular weight is 693 g/mol. The van der Waals surface area contributed by atoms with Crippen LogP contribution in [-0.2, 0) is 9.84 Å². The third-order valence-corrected chi connectivity index (χ3v) is 10.8. The molecule has 2 aliphatic carbocycles. The number of nitrogens with zero attached hydrogens (tertiary/aromatic N) is 3. The third kappa shape index (κ3) is 6.80. The molecular formula is C33H30F6N4O4S. The number of pyridine rings is 1. The van der Waals surface area contributed by atoms with E-state index in [1.807, 2.05) is 6.07 Å². The number of carbonyl (C=O) groups is 1. The number of nitriles is 1. The molecule has 6 rings (SSSR count). The molecule has 2 saturated carbocycles. The van der Waals surface area contributed by atoms with Crippen LogP contribution in [0.3, 0.4) is 0 Å². The lowest BCUT2D eigenvalue weighted by molar-refractivity contribution is -0.149. The van der Waals surface area contributed by atoms with Crippen molar-refractivity contribution in [3.63, 3.8) is 0 Å². The predicted molar refractivity (Wildman–Crippen MR) is 162 cm³/mol. The largest absolute Gasteiger partial charge is 0.490 e. The maximum absolute atomic E-state index is 13.4. The number of aromatic nitrogens is 1. The fourth-order valence-corrected chi connectivity index (χ4v) is 7.03. The van der Waals surface area contributed by atoms with Gasteiger partial charge in [0.1, 0.15) is 12.4 Å². The summed E-state index contributed by atoms with van der Waals surface area (Å²) in [5, 5.41) is 12.2. The average Bonchev–Trinajstić information content (AvgIpc) is 3.97. The topological polar surface area (TPSA) is 112 Å². The zero-order chi connectivity index (χ0) is 34.6. The highest BCUT2D eigenvalue weighted by Gasteiger charge is 2.59. The fraction of sp³-hybridized carbons (Fsp3) is 0.424. The van der Waals surface area contributed by atoms with Gasteiger partial charge in [-0.1, -0.05) is 19.1 Å². The van der Waals surface area contributed by atoms with Crippen LogP contribution in [0.5, 0.6) is 5.75 Å². The lowest BCUT2D eigenvalue weighted by Gasteiger charge is -2.32. The summed E-state index contributed by atoms with van der Waals surface area (Å²) in [6.45, 7) is 1.89. The van der Waals surface area contributed by atoms with E-state index in [0.29, 0.717) is 16.9 Å². The molecule has 1 aliphatic heterocycles. The highest BCUT2D eigenvalue weighted by atomic mass is 32.2. The Labute approximate surface area is 272 Å². The molecule has 3 aromatic rings. The summed E-state index contributed by atoms with van der Waals surface area (Å²) in [5.41, 5.74) is 1.76. The Bertz CT molecular complexity index is 1830. The lowest BCUT2D eigenvalue weighted by Crippen LogP contribution is -2.30. The quantitative estimate of drug-likeness (QED) is 0.238. The molecule has 48 heavy (non-hydrogen) atoms. The minimum Gasteiger partial charge on any atom is -0.490 e. The van der Waals surface area contributed by atoms with Gasteiger partial charge in [0.05, 0.1) is 53.2 Å². The van der Waals surface area contributed by atoms with Gasteiger partial charge in [-0.25, -0.2) is 8.42 Å². The number of amides is 1. The molecule has 4 unspecified atom stereocenters. The standard InChI is InChI=1S/C33H30F6N4O4S/c1-2-48(45,46)21-6-3-18(4-7-21)26(9-10-40)42-31(44)19-5-8-29-30(13-19)47-12-11-43(29)20-14-27(22-16-24(22)32(34,35)36)41-28(15-20)23-17-25(23)33(37,38)39/h3-8,13-15,22-26H,2,9,11-12,16-17H2,1H3,(H,42,44)/t22?,23?,24?,25?,26-/m0/s1. The van der Waals surface area contributed by atoms with Gasteiger partial charge in [-0.2, -0.15) is 31.6 Å². The second-order valence-corrected chi connectivity index (χ2v) is 14.5. The maximum Gasteiger partial charge on any atom is 0.392 e. The molecule has 15 heteroatoms. The first-order valence-electron chi connectivity index (χ1n) is 15.3. The second-order valence-electron chi connectivity index (χ2n) is 12.2. The van der Waals surface area contributed by atoms with Gasteiger partial charge in [-0.05, 0) is 60.9 Å². The van der Waals surface area contributed by atoms with E-state index in [1.54, 1.807) is 11.0 Å². The van der Waals surface area contributed by atoms with Crippen LogP contribution in [0.4, 0.5) is 37.7 Å². The van der Waals surface area contributed by atoms with Crippen molar-refractivity contribution in [3.05, 3.63) is 77.1 Å². The van der Waals surface area contributed by atoms with E-state index < -0.39 is 57.8 Å². The number of halogens is 6. The van der Waals surface area contributed by atoms with E-state index in [-0.39, 0.29) is 65.8 Å². The van der Waals surface area contributed by atoms with Crippen LogP contribution in [-0.4, -0.2) is 50.6 Å². The Kier molecular flexibility index (Phi) is 8.60. The van der Waals surface area contributed by atoms with E-state index in [4.69, 9.17) is 4.74 Å². The summed E-state index contributed by atoms with van der Waals surface area (Å²) >= 11 is 0. The summed E-state index contributed by atoms with van der Waals surface area (Å²) in [6, 6.07) is 14.7. The van der Waals surface area contributed by atoms with Gasteiger partial charge in [0.15, 0.2) is 9.84 Å². The lowest BCUT2D eigenvalue weighted by atomic mass is 10.0. The molecule has 0 radical (unpaired) electrons. The van der Waals surface area contributed by atoms with Gasteiger partial charge < -0.3 is 15.0 Å². The van der Waals surface area contributed by atoms with Gasteiger partial charge in [0, 0.05) is 34.5 Å². The Morgan fingerprint density at radius 1 is 1.00 bits per heavy atom. The molecule has 0 saturated heterocycles. The van der Waals surface area contributed by atoms with E-state index in [9.17, 15) is 44.8 Å². The van der Waals surface area contributed by atoms with Gasteiger partial charge in [-0.3, -0.25) is 9.78 Å². The van der Waals surface area contributed by atoms with Crippen molar-refractivity contribution in [3.8, 4) is 11.8 Å². The van der Waals surface area contributed by atoms with Crippen LogP contribution in [0.2, 0.25) is 0 Å². The minimum absolute atomic E-state index is 0.0793. The molecule has 1 aromatic heterocycles. The van der Waals surface area contributed by atoms with Crippen molar-refractivity contribution >= 4 is 27.1 Å². The molecule has 0 bridgehead atoms. The van der Waals surface area contributed by atoms with Gasteiger partial charge >= 0.3 is 12.4 Å². The number of carbonyl (C=O) groups excluding carboxylic acids is 1. The van der Waals surface area contributed by atoms with E-state index >= 15 is 0 Å². The van der Waals surface area contributed by atoms with Crippen LogP contribution in [0.15, 0.2) is 59.5 Å².